The number of aromatic nitrogens is 4. The second kappa shape index (κ2) is 20.7. The molecule has 0 unspecified atom stereocenters. The molecule has 0 N–H and O–H groups in total. The molecule has 18 heteroatoms. The van der Waals surface area contributed by atoms with Gasteiger partial charge < -0.3 is 42.6 Å². The average Bonchev–Trinajstić information content (AvgIpc) is 3.80. The van der Waals surface area contributed by atoms with Crippen molar-refractivity contribution in [1.29, 1.82) is 0 Å². The van der Waals surface area contributed by atoms with Crippen LogP contribution in [0.2, 0.25) is 10.4 Å². The van der Waals surface area contributed by atoms with E-state index in [1.165, 1.54) is 31.7 Å². The van der Waals surface area contributed by atoms with Gasteiger partial charge in [0.25, 0.3) is 0 Å². The molecule has 2 aliphatic rings. The number of ether oxygens (including phenoxy) is 9. The maximum atomic E-state index is 12.9. The smallest absolute Gasteiger partial charge is 0.303 e. The van der Waals surface area contributed by atoms with Crippen LogP contribution in [0.3, 0.4) is 0 Å². The highest BCUT2D eigenvalue weighted by Crippen LogP contribution is 2.40. The van der Waals surface area contributed by atoms with Crippen molar-refractivity contribution in [3.8, 4) is 0 Å². The summed E-state index contributed by atoms with van der Waals surface area (Å²) in [4.78, 5) is 51.2. The van der Waals surface area contributed by atoms with Crippen LogP contribution in [0.1, 0.15) is 43.7 Å². The third-order valence-corrected chi connectivity index (χ3v) is 10.2. The first-order chi connectivity index (χ1) is 29.5. The summed E-state index contributed by atoms with van der Waals surface area (Å²) in [6.07, 6.45) is -9.19. The first-order valence-corrected chi connectivity index (χ1v) is 20.2. The molecular weight excluding hydrogens is 835 g/mol. The fourth-order valence-corrected chi connectivity index (χ4v) is 7.63. The van der Waals surface area contributed by atoms with Crippen LogP contribution < -0.4 is 0 Å². The Morgan fingerprint density at radius 1 is 0.623 bits per heavy atom. The number of benzene rings is 3. The highest BCUT2D eigenvalue weighted by atomic mass is 35.5. The van der Waals surface area contributed by atoms with E-state index in [1.807, 2.05) is 91.0 Å². The Kier molecular flexibility index (Phi) is 14.9. The zero-order chi connectivity index (χ0) is 42.9. The van der Waals surface area contributed by atoms with E-state index in [4.69, 9.17) is 65.8 Å². The van der Waals surface area contributed by atoms with Crippen LogP contribution in [0.5, 0.6) is 0 Å². The van der Waals surface area contributed by atoms with Crippen molar-refractivity contribution in [1.82, 2.24) is 19.5 Å². The van der Waals surface area contributed by atoms with Gasteiger partial charge in [0.05, 0.1) is 39.4 Å². The molecule has 5 aromatic rings. The van der Waals surface area contributed by atoms with Crippen molar-refractivity contribution in [2.75, 3.05) is 13.2 Å². The van der Waals surface area contributed by atoms with Gasteiger partial charge in [0, 0.05) is 20.8 Å². The topological polar surface area (TPSA) is 178 Å². The Morgan fingerprint density at radius 3 is 1.69 bits per heavy atom. The van der Waals surface area contributed by atoms with Crippen molar-refractivity contribution in [3.63, 3.8) is 0 Å². The van der Waals surface area contributed by atoms with Crippen LogP contribution in [-0.4, -0.2) is 99.7 Å². The molecule has 2 aromatic heterocycles. The number of imidazole rings is 1. The van der Waals surface area contributed by atoms with E-state index in [9.17, 15) is 14.4 Å². The molecule has 7 rings (SSSR count). The van der Waals surface area contributed by atoms with Crippen molar-refractivity contribution in [2.45, 2.75) is 95.8 Å². The highest BCUT2D eigenvalue weighted by Gasteiger charge is 2.56. The summed E-state index contributed by atoms with van der Waals surface area (Å²) in [5.41, 5.74) is 2.98. The summed E-state index contributed by atoms with van der Waals surface area (Å²) >= 11 is 12.6. The Balaban J connectivity index is 1.27. The molecule has 0 bridgehead atoms. The Hall–Kier alpha value is -5.04. The number of halogens is 2. The Morgan fingerprint density at radius 2 is 1.13 bits per heavy atom. The lowest BCUT2D eigenvalue weighted by molar-refractivity contribution is -0.331. The van der Waals surface area contributed by atoms with Gasteiger partial charge in [-0.15, -0.1) is 0 Å². The van der Waals surface area contributed by atoms with Crippen LogP contribution in [0, 0.1) is 0 Å². The van der Waals surface area contributed by atoms with E-state index in [2.05, 4.69) is 15.0 Å². The van der Waals surface area contributed by atoms with Crippen molar-refractivity contribution in [2.24, 2.45) is 0 Å². The summed E-state index contributed by atoms with van der Waals surface area (Å²) in [6, 6.07) is 28.2. The zero-order valence-electron chi connectivity index (χ0n) is 33.4. The van der Waals surface area contributed by atoms with E-state index in [-0.39, 0.29) is 54.6 Å². The minimum atomic E-state index is -1.39. The molecule has 0 aliphatic carbocycles. The Bertz CT molecular complexity index is 2240. The van der Waals surface area contributed by atoms with Gasteiger partial charge in [0.1, 0.15) is 29.9 Å². The number of hydrogen-bond acceptors (Lipinski definition) is 15. The normalized spacial score (nSPS) is 25.0. The van der Waals surface area contributed by atoms with Gasteiger partial charge in [0.2, 0.25) is 5.28 Å². The lowest BCUT2D eigenvalue weighted by Gasteiger charge is -2.45. The molecule has 16 nitrogen and oxygen atoms in total. The van der Waals surface area contributed by atoms with E-state index in [0.29, 0.717) is 0 Å². The molecule has 2 saturated heterocycles. The number of fused-ring (bicyclic) bond motifs is 1. The molecule has 0 spiro atoms. The zero-order valence-corrected chi connectivity index (χ0v) is 34.9. The highest BCUT2D eigenvalue weighted by molar-refractivity contribution is 6.35. The second-order valence-corrected chi connectivity index (χ2v) is 15.0. The minimum Gasteiger partial charge on any atom is -0.456 e. The van der Waals surface area contributed by atoms with Crippen LogP contribution in [0.25, 0.3) is 11.2 Å². The van der Waals surface area contributed by atoms with E-state index in [0.717, 1.165) is 16.7 Å². The van der Waals surface area contributed by atoms with Crippen molar-refractivity contribution in [3.05, 3.63) is 124 Å². The molecule has 61 heavy (non-hydrogen) atoms. The van der Waals surface area contributed by atoms with Crippen molar-refractivity contribution < 1.29 is 57.0 Å². The molecular formula is C43H44Cl2N4O12. The predicted octanol–water partition coefficient (Wildman–Crippen LogP) is 5.95. The van der Waals surface area contributed by atoms with Gasteiger partial charge in [0.15, 0.2) is 41.6 Å². The summed E-state index contributed by atoms with van der Waals surface area (Å²) in [5.74, 6) is -2.00. The monoisotopic (exact) mass is 878 g/mol. The average molecular weight is 880 g/mol. The van der Waals surface area contributed by atoms with E-state index >= 15 is 0 Å². The van der Waals surface area contributed by atoms with Crippen LogP contribution in [0.15, 0.2) is 97.3 Å². The standard InChI is InChI=1S/C43H44Cl2N4O12/c1-25(50)56-34-32(23-54-20-29-15-9-5-10-16-29)60-42(38(36(34)57-26(2)51)55-21-30-17-11-6-12-18-30)61-35-31(22-53-19-28-13-7-4-8-14-28)59-41(37(35)58-27(3)52)49-24-46-33-39(44)47-43(45)48-40(33)49/h4-18,24,31-32,34-38,41-42H,19-23H2,1-3H3/t31-,32-,34-,35-,36+,37-,38-,41-,42-/m1/s1. The number of nitrogens with zero attached hydrogens (tertiary/aromatic N) is 4. The van der Waals surface area contributed by atoms with Gasteiger partial charge in [-0.1, -0.05) is 103 Å². The molecule has 4 heterocycles. The quantitative estimate of drug-likeness (QED) is 0.0463. The van der Waals surface area contributed by atoms with E-state index < -0.39 is 73.2 Å². The molecule has 0 radical (unpaired) electrons. The fourth-order valence-electron chi connectivity index (χ4n) is 7.20. The van der Waals surface area contributed by atoms with Gasteiger partial charge >= 0.3 is 17.9 Å². The maximum absolute atomic E-state index is 12.9. The molecule has 322 valence electrons. The largest absolute Gasteiger partial charge is 0.456 e. The number of hydrogen-bond donors (Lipinski definition) is 0. The van der Waals surface area contributed by atoms with Gasteiger partial charge in [-0.3, -0.25) is 19.0 Å². The van der Waals surface area contributed by atoms with Gasteiger partial charge in [-0.2, -0.15) is 4.98 Å². The van der Waals surface area contributed by atoms with Crippen LogP contribution in [-0.2, 0) is 76.8 Å². The van der Waals surface area contributed by atoms with Gasteiger partial charge in [-0.25, -0.2) is 9.97 Å². The SMILES string of the molecule is CC(=O)O[C@@H]1[C@@H](OCc2ccccc2)[C@@H](O[C@H]2[C@@H](OC(C)=O)[C@H](n3cnc4c(Cl)nc(Cl)nc43)O[C@@H]2COCc2ccccc2)O[C@H](COCc2ccccc2)[C@H]1OC(C)=O. The van der Waals surface area contributed by atoms with E-state index in [1.54, 1.807) is 0 Å². The first-order valence-electron chi connectivity index (χ1n) is 19.5. The van der Waals surface area contributed by atoms with Gasteiger partial charge in [-0.05, 0) is 28.3 Å². The Labute approximate surface area is 361 Å². The molecule has 2 fully saturated rings. The molecule has 9 atom stereocenters. The number of rotatable bonds is 17. The lowest BCUT2D eigenvalue weighted by Crippen LogP contribution is -2.63. The third-order valence-electron chi connectivity index (χ3n) is 9.77. The van der Waals surface area contributed by atoms with Crippen LogP contribution >= 0.6 is 23.2 Å². The minimum absolute atomic E-state index is 0.000267. The summed E-state index contributed by atoms with van der Waals surface area (Å²) in [5, 5.41) is -0.148. The first kappa shape index (κ1) is 44.0. The maximum Gasteiger partial charge on any atom is 0.303 e. The predicted molar refractivity (Wildman–Crippen MR) is 217 cm³/mol. The summed E-state index contributed by atoms with van der Waals surface area (Å²) in [6.45, 7) is 3.94. The third kappa shape index (κ3) is 11.3. The van der Waals surface area contributed by atoms with Crippen LogP contribution in [0.4, 0.5) is 0 Å². The molecule has 3 aromatic carbocycles. The molecule has 0 amide bonds. The number of esters is 3. The molecule has 2 aliphatic heterocycles. The molecule has 0 saturated carbocycles. The summed E-state index contributed by atoms with van der Waals surface area (Å²) in [7, 11) is 0. The lowest BCUT2D eigenvalue weighted by atomic mass is 9.97. The number of carbonyl (C=O) groups excluding carboxylic acids is 3. The van der Waals surface area contributed by atoms with Crippen molar-refractivity contribution >= 4 is 52.3 Å². The second-order valence-electron chi connectivity index (χ2n) is 14.3. The summed E-state index contributed by atoms with van der Waals surface area (Å²) < 4.78 is 58.3. The number of carbonyl (C=O) groups is 3. The fraction of sp³-hybridized carbons (Fsp3) is 0.395.